The first-order chi connectivity index (χ1) is 20.5. The van der Waals surface area contributed by atoms with Gasteiger partial charge < -0.3 is 9.47 Å². The number of nitrogens with zero attached hydrogens (tertiary/aromatic N) is 1. The number of aromatic nitrogens is 1. The highest BCUT2D eigenvalue weighted by Crippen LogP contribution is 2.44. The molecule has 0 aliphatic heterocycles. The lowest BCUT2D eigenvalue weighted by Gasteiger charge is -2.17. The summed E-state index contributed by atoms with van der Waals surface area (Å²) in [6.07, 6.45) is -3.39. The first-order valence-electron chi connectivity index (χ1n) is 13.1. The summed E-state index contributed by atoms with van der Waals surface area (Å²) in [5, 5.41) is 0. The van der Waals surface area contributed by atoms with Crippen molar-refractivity contribution in [3.8, 4) is 5.75 Å². The quantitative estimate of drug-likeness (QED) is 0.150. The third-order valence-corrected chi connectivity index (χ3v) is 6.96. The van der Waals surface area contributed by atoms with Crippen LogP contribution < -0.4 is 4.74 Å². The van der Waals surface area contributed by atoms with Gasteiger partial charge in [-0.15, -0.1) is 0 Å². The molecule has 0 unspecified atom stereocenters. The van der Waals surface area contributed by atoms with E-state index in [1.165, 1.54) is 24.3 Å². The van der Waals surface area contributed by atoms with E-state index in [-0.39, 0.29) is 28.3 Å². The van der Waals surface area contributed by atoms with Crippen molar-refractivity contribution in [3.63, 3.8) is 0 Å². The number of pyridine rings is 1. The summed E-state index contributed by atoms with van der Waals surface area (Å²) in [6, 6.07) is 13.7. The highest BCUT2D eigenvalue weighted by Gasteiger charge is 2.33. The zero-order valence-electron chi connectivity index (χ0n) is 22.3. The molecular formula is C32H22F7NO3. The van der Waals surface area contributed by atoms with E-state index in [2.05, 4.69) is 4.98 Å². The number of benzene rings is 3. The largest absolute Gasteiger partial charge is 0.488 e. The summed E-state index contributed by atoms with van der Waals surface area (Å²) in [5.41, 5.74) is -0.582. The highest BCUT2D eigenvalue weighted by molar-refractivity contribution is 5.95. The minimum Gasteiger partial charge on any atom is -0.488 e. The molecule has 0 fully saturated rings. The molecular weight excluding hydrogens is 579 g/mol. The summed E-state index contributed by atoms with van der Waals surface area (Å²) < 4.78 is 108. The number of hydrogen-bond donors (Lipinski definition) is 0. The molecule has 0 saturated carbocycles. The SMILES string of the molecule is O=C(OCc1c(F)cccc1F)c1cccc(C2=C(c3cc(C(F)(F)F)ccc3OCc3c(F)cccc3F)CCC2)n1. The van der Waals surface area contributed by atoms with Crippen LogP contribution in [0.15, 0.2) is 72.8 Å². The number of ether oxygens (including phenoxy) is 2. The predicted molar refractivity (Wildman–Crippen MR) is 143 cm³/mol. The second-order valence-electron chi connectivity index (χ2n) is 9.69. The van der Waals surface area contributed by atoms with Crippen LogP contribution in [0.1, 0.15) is 57.7 Å². The van der Waals surface area contributed by atoms with Crippen molar-refractivity contribution in [2.24, 2.45) is 0 Å². The van der Waals surface area contributed by atoms with E-state index < -0.39 is 59.8 Å². The van der Waals surface area contributed by atoms with E-state index in [1.54, 1.807) is 6.07 Å². The number of rotatable bonds is 8. The molecule has 0 N–H and O–H groups in total. The number of esters is 1. The maximum absolute atomic E-state index is 14.2. The maximum atomic E-state index is 14.2. The van der Waals surface area contributed by atoms with Gasteiger partial charge in [-0.05, 0) is 85.0 Å². The Kier molecular flexibility index (Phi) is 8.52. The molecule has 3 aromatic carbocycles. The minimum absolute atomic E-state index is 0.0208. The second kappa shape index (κ2) is 12.3. The number of carbonyl (C=O) groups excluding carboxylic acids is 1. The molecule has 1 aromatic heterocycles. The van der Waals surface area contributed by atoms with Crippen molar-refractivity contribution >= 4 is 17.1 Å². The van der Waals surface area contributed by atoms with E-state index in [4.69, 9.17) is 9.47 Å². The van der Waals surface area contributed by atoms with Crippen LogP contribution in [0, 0.1) is 23.3 Å². The molecule has 1 aliphatic rings. The molecule has 222 valence electrons. The zero-order valence-corrected chi connectivity index (χ0v) is 22.3. The molecule has 0 amide bonds. The fraction of sp³-hybridized carbons (Fsp3) is 0.188. The van der Waals surface area contributed by atoms with Gasteiger partial charge in [-0.25, -0.2) is 27.3 Å². The molecule has 5 rings (SSSR count). The fourth-order valence-corrected chi connectivity index (χ4v) is 4.81. The fourth-order valence-electron chi connectivity index (χ4n) is 4.81. The van der Waals surface area contributed by atoms with Gasteiger partial charge in [0, 0.05) is 5.56 Å². The van der Waals surface area contributed by atoms with Crippen LogP contribution in [-0.4, -0.2) is 11.0 Å². The Bertz CT molecular complexity index is 1680. The molecule has 1 aliphatic carbocycles. The van der Waals surface area contributed by atoms with Crippen LogP contribution in [0.3, 0.4) is 0 Å². The predicted octanol–water partition coefficient (Wildman–Crippen LogP) is 8.69. The Morgan fingerprint density at radius 2 is 1.33 bits per heavy atom. The van der Waals surface area contributed by atoms with Crippen molar-refractivity contribution in [3.05, 3.63) is 130 Å². The van der Waals surface area contributed by atoms with Gasteiger partial charge in [-0.2, -0.15) is 13.2 Å². The van der Waals surface area contributed by atoms with Crippen LogP contribution >= 0.6 is 0 Å². The van der Waals surface area contributed by atoms with Crippen molar-refractivity contribution in [1.29, 1.82) is 0 Å². The Labute approximate surface area is 241 Å². The monoisotopic (exact) mass is 601 g/mol. The van der Waals surface area contributed by atoms with Gasteiger partial charge in [0.15, 0.2) is 0 Å². The van der Waals surface area contributed by atoms with Crippen LogP contribution in [0.2, 0.25) is 0 Å². The number of alkyl halides is 3. The van der Waals surface area contributed by atoms with Crippen molar-refractivity contribution in [2.75, 3.05) is 0 Å². The van der Waals surface area contributed by atoms with Gasteiger partial charge in [-0.3, -0.25) is 0 Å². The summed E-state index contributed by atoms with van der Waals surface area (Å²) in [4.78, 5) is 17.0. The Balaban J connectivity index is 1.48. The van der Waals surface area contributed by atoms with Crippen molar-refractivity contribution in [2.45, 2.75) is 38.7 Å². The lowest BCUT2D eigenvalue weighted by atomic mass is 9.96. The smallest absolute Gasteiger partial charge is 0.416 e. The summed E-state index contributed by atoms with van der Waals surface area (Å²) in [5.74, 6) is -4.47. The first-order valence-corrected chi connectivity index (χ1v) is 13.1. The Morgan fingerprint density at radius 1 is 0.744 bits per heavy atom. The van der Waals surface area contributed by atoms with Crippen LogP contribution in [-0.2, 0) is 24.1 Å². The topological polar surface area (TPSA) is 48.4 Å². The molecule has 0 radical (unpaired) electrons. The first kappa shape index (κ1) is 29.8. The minimum atomic E-state index is -4.68. The number of allylic oxidation sites excluding steroid dienone is 2. The normalized spacial score (nSPS) is 13.4. The van der Waals surface area contributed by atoms with Crippen molar-refractivity contribution < 1.29 is 45.0 Å². The average molecular weight is 602 g/mol. The van der Waals surface area contributed by atoms with Gasteiger partial charge in [-0.1, -0.05) is 18.2 Å². The summed E-state index contributed by atoms with van der Waals surface area (Å²) >= 11 is 0. The lowest BCUT2D eigenvalue weighted by molar-refractivity contribution is -0.137. The number of halogens is 7. The number of hydrogen-bond acceptors (Lipinski definition) is 4. The Hall–Kier alpha value is -4.67. The van der Waals surface area contributed by atoms with Gasteiger partial charge in [0.05, 0.1) is 22.4 Å². The molecule has 0 bridgehead atoms. The van der Waals surface area contributed by atoms with Crippen LogP contribution in [0.4, 0.5) is 30.7 Å². The number of carbonyl (C=O) groups is 1. The Morgan fingerprint density at radius 3 is 1.95 bits per heavy atom. The summed E-state index contributed by atoms with van der Waals surface area (Å²) in [6.45, 7) is -1.24. The third kappa shape index (κ3) is 6.55. The van der Waals surface area contributed by atoms with Crippen LogP contribution in [0.25, 0.3) is 11.1 Å². The molecule has 4 aromatic rings. The molecule has 1 heterocycles. The highest BCUT2D eigenvalue weighted by atomic mass is 19.4. The van der Waals surface area contributed by atoms with Crippen molar-refractivity contribution in [1.82, 2.24) is 4.98 Å². The standard InChI is InChI=1S/C32H22F7NO3/c33-24-7-2-8-25(34)22(24)16-42-30-14-13-18(32(37,38)39)15-21(30)19-5-1-6-20(19)28-11-4-12-29(40-28)31(41)43-17-23-26(35)9-3-10-27(23)36/h2-4,7-15H,1,5-6,16-17H2. The average Bonchev–Trinajstić information content (AvgIpc) is 3.46. The molecule has 0 spiro atoms. The molecule has 43 heavy (non-hydrogen) atoms. The van der Waals surface area contributed by atoms with E-state index in [1.807, 2.05) is 0 Å². The molecule has 11 heteroatoms. The van der Waals surface area contributed by atoms with E-state index in [0.29, 0.717) is 30.4 Å². The summed E-state index contributed by atoms with van der Waals surface area (Å²) in [7, 11) is 0. The van der Waals surface area contributed by atoms with Gasteiger partial charge in [0.2, 0.25) is 0 Å². The van der Waals surface area contributed by atoms with E-state index >= 15 is 0 Å². The molecule has 0 atom stereocenters. The van der Waals surface area contributed by atoms with Gasteiger partial charge >= 0.3 is 12.1 Å². The van der Waals surface area contributed by atoms with E-state index in [0.717, 1.165) is 42.5 Å². The molecule has 0 saturated heterocycles. The van der Waals surface area contributed by atoms with Gasteiger partial charge in [0.25, 0.3) is 0 Å². The van der Waals surface area contributed by atoms with E-state index in [9.17, 15) is 35.5 Å². The maximum Gasteiger partial charge on any atom is 0.416 e. The lowest BCUT2D eigenvalue weighted by Crippen LogP contribution is -2.10. The van der Waals surface area contributed by atoms with Crippen LogP contribution in [0.5, 0.6) is 5.75 Å². The second-order valence-corrected chi connectivity index (χ2v) is 9.69. The molecule has 4 nitrogen and oxygen atoms in total. The zero-order chi connectivity index (χ0) is 30.7. The van der Waals surface area contributed by atoms with Gasteiger partial charge in [0.1, 0.15) is 47.9 Å². The third-order valence-electron chi connectivity index (χ3n) is 6.96.